The molecule has 0 aromatic carbocycles. The predicted octanol–water partition coefficient (Wildman–Crippen LogP) is 3.28. The van der Waals surface area contributed by atoms with Crippen LogP contribution in [0.25, 0.3) is 0 Å². The topological polar surface area (TPSA) is 47.3 Å². The van der Waals surface area contributed by atoms with Crippen LogP contribution in [0.15, 0.2) is 35.1 Å². The van der Waals surface area contributed by atoms with Crippen molar-refractivity contribution in [2.24, 2.45) is 0 Å². The van der Waals surface area contributed by atoms with Crippen molar-refractivity contribution in [2.45, 2.75) is 39.5 Å². The summed E-state index contributed by atoms with van der Waals surface area (Å²) in [5.41, 5.74) is 0.622. The van der Waals surface area contributed by atoms with E-state index in [1.165, 1.54) is 6.07 Å². The minimum atomic E-state index is -0.374. The van der Waals surface area contributed by atoms with Crippen molar-refractivity contribution in [2.75, 3.05) is 0 Å². The van der Waals surface area contributed by atoms with Crippen LogP contribution in [0.3, 0.4) is 0 Å². The lowest BCUT2D eigenvalue weighted by molar-refractivity contribution is 0.255. The van der Waals surface area contributed by atoms with Crippen LogP contribution >= 0.6 is 0 Å². The van der Waals surface area contributed by atoms with Crippen molar-refractivity contribution in [1.82, 2.24) is 10.3 Å². The van der Waals surface area contributed by atoms with Gasteiger partial charge in [-0.3, -0.25) is 0 Å². The van der Waals surface area contributed by atoms with Gasteiger partial charge in [0.2, 0.25) is 5.88 Å². The first-order valence-electron chi connectivity index (χ1n) is 6.49. The average molecular weight is 278 g/mol. The molecule has 4 nitrogen and oxygen atoms in total. The summed E-state index contributed by atoms with van der Waals surface area (Å²) in [7, 11) is 0. The summed E-state index contributed by atoms with van der Waals surface area (Å²) in [6, 6.07) is 5.04. The molecule has 0 saturated heterocycles. The molecule has 0 saturated carbocycles. The maximum absolute atomic E-state index is 13.3. The molecule has 0 aliphatic carbocycles. The van der Waals surface area contributed by atoms with Gasteiger partial charge in [0, 0.05) is 17.6 Å². The molecule has 5 heteroatoms. The first-order valence-corrected chi connectivity index (χ1v) is 6.49. The Morgan fingerprint density at radius 2 is 2.20 bits per heavy atom. The standard InChI is InChI=1S/C15H19FN2O2/c1-15(2,3)18-8-11-7-12(16)9-17-14(11)20-10-13-5-4-6-19-13/h4-7,9,18H,8,10H2,1-3H3. The molecular formula is C15H19FN2O2. The Morgan fingerprint density at radius 3 is 2.85 bits per heavy atom. The lowest BCUT2D eigenvalue weighted by Gasteiger charge is -2.21. The van der Waals surface area contributed by atoms with E-state index in [1.807, 2.05) is 26.8 Å². The molecule has 0 amide bonds. The lowest BCUT2D eigenvalue weighted by Crippen LogP contribution is -2.35. The third kappa shape index (κ3) is 4.35. The fourth-order valence-corrected chi connectivity index (χ4v) is 1.62. The number of ether oxygens (including phenoxy) is 1. The van der Waals surface area contributed by atoms with Crippen LogP contribution in [-0.4, -0.2) is 10.5 Å². The van der Waals surface area contributed by atoms with Crippen LogP contribution in [0.1, 0.15) is 32.1 Å². The fourth-order valence-electron chi connectivity index (χ4n) is 1.62. The van der Waals surface area contributed by atoms with Gasteiger partial charge in [-0.1, -0.05) is 0 Å². The van der Waals surface area contributed by atoms with E-state index in [-0.39, 0.29) is 18.0 Å². The second-order valence-corrected chi connectivity index (χ2v) is 5.59. The van der Waals surface area contributed by atoms with Crippen LogP contribution < -0.4 is 10.1 Å². The van der Waals surface area contributed by atoms with E-state index in [9.17, 15) is 4.39 Å². The van der Waals surface area contributed by atoms with Gasteiger partial charge in [-0.25, -0.2) is 9.37 Å². The molecule has 2 rings (SSSR count). The second kappa shape index (κ2) is 6.05. The maximum atomic E-state index is 13.3. The molecule has 1 N–H and O–H groups in total. The average Bonchev–Trinajstić information content (AvgIpc) is 2.87. The van der Waals surface area contributed by atoms with Crippen molar-refractivity contribution < 1.29 is 13.5 Å². The lowest BCUT2D eigenvalue weighted by atomic mass is 10.1. The fraction of sp³-hybridized carbons (Fsp3) is 0.400. The quantitative estimate of drug-likeness (QED) is 0.911. The normalized spacial score (nSPS) is 11.6. The molecular weight excluding hydrogens is 259 g/mol. The zero-order valence-corrected chi connectivity index (χ0v) is 11.9. The molecule has 0 fully saturated rings. The molecule has 20 heavy (non-hydrogen) atoms. The van der Waals surface area contributed by atoms with E-state index in [2.05, 4.69) is 10.3 Å². The minimum Gasteiger partial charge on any atom is -0.469 e. The van der Waals surface area contributed by atoms with Gasteiger partial charge in [-0.2, -0.15) is 0 Å². The van der Waals surface area contributed by atoms with Crippen molar-refractivity contribution in [3.05, 3.63) is 47.8 Å². The largest absolute Gasteiger partial charge is 0.469 e. The predicted molar refractivity (Wildman–Crippen MR) is 73.8 cm³/mol. The van der Waals surface area contributed by atoms with Crippen LogP contribution in [0.2, 0.25) is 0 Å². The van der Waals surface area contributed by atoms with Gasteiger partial charge in [0.1, 0.15) is 18.2 Å². The Kier molecular flexibility index (Phi) is 4.39. The highest BCUT2D eigenvalue weighted by Gasteiger charge is 2.13. The molecule has 0 atom stereocenters. The number of halogens is 1. The summed E-state index contributed by atoms with van der Waals surface area (Å²) >= 11 is 0. The monoisotopic (exact) mass is 278 g/mol. The molecule has 0 radical (unpaired) electrons. The molecule has 108 valence electrons. The van der Waals surface area contributed by atoms with Gasteiger partial charge >= 0.3 is 0 Å². The summed E-state index contributed by atoms with van der Waals surface area (Å²) in [4.78, 5) is 4.00. The number of pyridine rings is 1. The van der Waals surface area contributed by atoms with Crippen LogP contribution in [-0.2, 0) is 13.2 Å². The second-order valence-electron chi connectivity index (χ2n) is 5.59. The molecule has 0 bridgehead atoms. The number of hydrogen-bond acceptors (Lipinski definition) is 4. The van der Waals surface area contributed by atoms with Gasteiger partial charge in [0.05, 0.1) is 12.5 Å². The summed E-state index contributed by atoms with van der Waals surface area (Å²) in [5.74, 6) is 0.742. The highest BCUT2D eigenvalue weighted by Crippen LogP contribution is 2.18. The minimum absolute atomic E-state index is 0.0649. The Bertz CT molecular complexity index is 547. The maximum Gasteiger partial charge on any atom is 0.218 e. The van der Waals surface area contributed by atoms with Crippen molar-refractivity contribution >= 4 is 0 Å². The van der Waals surface area contributed by atoms with E-state index >= 15 is 0 Å². The van der Waals surface area contributed by atoms with Gasteiger partial charge in [-0.05, 0) is 39.0 Å². The number of nitrogens with one attached hydrogen (secondary N) is 1. The Balaban J connectivity index is 2.07. The number of aromatic nitrogens is 1. The summed E-state index contributed by atoms with van der Waals surface area (Å²) in [6.07, 6.45) is 2.73. The van der Waals surface area contributed by atoms with Crippen LogP contribution in [0, 0.1) is 5.82 Å². The first-order chi connectivity index (χ1) is 9.44. The number of nitrogens with zero attached hydrogens (tertiary/aromatic N) is 1. The Labute approximate surface area is 118 Å². The van der Waals surface area contributed by atoms with E-state index in [1.54, 1.807) is 12.3 Å². The van der Waals surface area contributed by atoms with E-state index in [4.69, 9.17) is 9.15 Å². The van der Waals surface area contributed by atoms with Gasteiger partial charge in [0.25, 0.3) is 0 Å². The third-order valence-corrected chi connectivity index (χ3v) is 2.63. The summed E-state index contributed by atoms with van der Waals surface area (Å²) in [6.45, 7) is 6.89. The molecule has 0 unspecified atom stereocenters. The SMILES string of the molecule is CC(C)(C)NCc1cc(F)cnc1OCc1ccco1. The van der Waals surface area contributed by atoms with Gasteiger partial charge in [-0.15, -0.1) is 0 Å². The summed E-state index contributed by atoms with van der Waals surface area (Å²) in [5, 5.41) is 3.29. The number of furan rings is 1. The van der Waals surface area contributed by atoms with Crippen LogP contribution in [0.5, 0.6) is 5.88 Å². The van der Waals surface area contributed by atoms with E-state index in [0.29, 0.717) is 23.7 Å². The summed E-state index contributed by atoms with van der Waals surface area (Å²) < 4.78 is 24.1. The zero-order chi connectivity index (χ0) is 14.6. The molecule has 0 aliphatic rings. The molecule has 2 aromatic rings. The highest BCUT2D eigenvalue weighted by molar-refractivity contribution is 5.26. The number of rotatable bonds is 5. The highest BCUT2D eigenvalue weighted by atomic mass is 19.1. The zero-order valence-electron chi connectivity index (χ0n) is 11.9. The molecule has 0 spiro atoms. The molecule has 2 heterocycles. The Hall–Kier alpha value is -1.88. The van der Waals surface area contributed by atoms with E-state index < -0.39 is 0 Å². The number of hydrogen-bond donors (Lipinski definition) is 1. The first kappa shape index (κ1) is 14.5. The Morgan fingerprint density at radius 1 is 1.40 bits per heavy atom. The van der Waals surface area contributed by atoms with E-state index in [0.717, 1.165) is 6.20 Å². The van der Waals surface area contributed by atoms with Crippen molar-refractivity contribution in [3.8, 4) is 5.88 Å². The molecule has 0 aliphatic heterocycles. The van der Waals surface area contributed by atoms with Crippen LogP contribution in [0.4, 0.5) is 4.39 Å². The smallest absolute Gasteiger partial charge is 0.218 e. The molecule has 2 aromatic heterocycles. The van der Waals surface area contributed by atoms with Gasteiger partial charge in [0.15, 0.2) is 0 Å². The third-order valence-electron chi connectivity index (χ3n) is 2.63. The van der Waals surface area contributed by atoms with Crippen molar-refractivity contribution in [3.63, 3.8) is 0 Å². The van der Waals surface area contributed by atoms with Gasteiger partial charge < -0.3 is 14.5 Å². The van der Waals surface area contributed by atoms with Crippen molar-refractivity contribution in [1.29, 1.82) is 0 Å².